The summed E-state index contributed by atoms with van der Waals surface area (Å²) >= 11 is 0. The summed E-state index contributed by atoms with van der Waals surface area (Å²) < 4.78 is 0. The molecule has 156 valence electrons. The van der Waals surface area contributed by atoms with Gasteiger partial charge >= 0.3 is 5.97 Å². The van der Waals surface area contributed by atoms with Crippen molar-refractivity contribution in [2.75, 3.05) is 0 Å². The van der Waals surface area contributed by atoms with E-state index in [0.717, 1.165) is 12.8 Å². The number of carboxylic acid groups (broad SMARTS) is 1. The Morgan fingerprint density at radius 1 is 0.815 bits per heavy atom. The van der Waals surface area contributed by atoms with Gasteiger partial charge < -0.3 is 5.11 Å². The van der Waals surface area contributed by atoms with Gasteiger partial charge in [0.2, 0.25) is 11.8 Å². The monoisotopic (exact) mass is 381 g/mol. The van der Waals surface area contributed by atoms with Crippen LogP contribution in [0.5, 0.6) is 0 Å². The Bertz CT molecular complexity index is 418. The van der Waals surface area contributed by atoms with Crippen LogP contribution in [0.1, 0.15) is 110 Å². The van der Waals surface area contributed by atoms with Crippen molar-refractivity contribution in [2.24, 2.45) is 0 Å². The Kier molecular flexibility index (Phi) is 18.0. The molecule has 0 bridgehead atoms. The number of unbranched alkanes of at least 4 members (excludes halogenated alkanes) is 11. The van der Waals surface area contributed by atoms with E-state index in [4.69, 9.17) is 5.11 Å². The molecule has 0 aromatic heterocycles. The summed E-state index contributed by atoms with van der Waals surface area (Å²) in [5, 5.41) is 10.6. The number of nitrogens with one attached hydrogen (secondary N) is 1. The molecule has 0 aromatic carbocycles. The van der Waals surface area contributed by atoms with Gasteiger partial charge in [0.1, 0.15) is 0 Å². The first kappa shape index (κ1) is 25.4. The SMILES string of the molecule is CCCCCCCC/C=C/CCCCCCCC(=O)O.O=C1CCC(=O)N1. The molecule has 1 saturated heterocycles. The molecule has 27 heavy (non-hydrogen) atoms. The first-order valence-corrected chi connectivity index (χ1v) is 10.8. The van der Waals surface area contributed by atoms with Crippen LogP contribution >= 0.6 is 0 Å². The Morgan fingerprint density at radius 2 is 1.26 bits per heavy atom. The third-order valence-corrected chi connectivity index (χ3v) is 4.51. The lowest BCUT2D eigenvalue weighted by atomic mass is 10.1. The van der Waals surface area contributed by atoms with E-state index in [-0.39, 0.29) is 11.8 Å². The summed E-state index contributed by atoms with van der Waals surface area (Å²) in [6, 6.07) is 0. The summed E-state index contributed by atoms with van der Waals surface area (Å²) in [5.41, 5.74) is 0. The van der Waals surface area contributed by atoms with E-state index in [2.05, 4.69) is 24.4 Å². The van der Waals surface area contributed by atoms with Gasteiger partial charge in [0.25, 0.3) is 0 Å². The molecular weight excluding hydrogens is 342 g/mol. The number of allylic oxidation sites excluding steroid dienone is 2. The molecule has 0 aliphatic carbocycles. The number of hydrogen-bond donors (Lipinski definition) is 2. The van der Waals surface area contributed by atoms with E-state index in [0.29, 0.717) is 19.3 Å². The van der Waals surface area contributed by atoms with Crippen LogP contribution in [0.15, 0.2) is 12.2 Å². The van der Waals surface area contributed by atoms with Crippen molar-refractivity contribution in [1.29, 1.82) is 0 Å². The zero-order chi connectivity index (χ0) is 20.2. The van der Waals surface area contributed by atoms with Crippen LogP contribution in [-0.2, 0) is 14.4 Å². The van der Waals surface area contributed by atoms with Crippen LogP contribution in [0.3, 0.4) is 0 Å². The lowest BCUT2D eigenvalue weighted by molar-refractivity contribution is -0.137. The smallest absolute Gasteiger partial charge is 0.303 e. The number of carboxylic acids is 1. The van der Waals surface area contributed by atoms with Gasteiger partial charge in [0.05, 0.1) is 0 Å². The standard InChI is InChI=1S/C18H34O2.C4H5NO2/c1-2-3-4-5-6-7-8-9-10-11-12-13-14-15-16-17-18(19)20;6-3-1-2-4(7)5-3/h9-10H,2-8,11-17H2,1H3,(H,19,20);1-2H2,(H,5,6,7)/b10-9+;. The van der Waals surface area contributed by atoms with Crippen molar-refractivity contribution in [2.45, 2.75) is 110 Å². The van der Waals surface area contributed by atoms with Gasteiger partial charge in [-0.3, -0.25) is 19.7 Å². The molecule has 2 N–H and O–H groups in total. The van der Waals surface area contributed by atoms with E-state index in [1.54, 1.807) is 0 Å². The van der Waals surface area contributed by atoms with E-state index in [1.807, 2.05) is 0 Å². The molecule has 0 aromatic rings. The summed E-state index contributed by atoms with van der Waals surface area (Å²) in [6.07, 6.45) is 22.0. The van der Waals surface area contributed by atoms with Crippen LogP contribution in [0.4, 0.5) is 0 Å². The van der Waals surface area contributed by atoms with Crippen molar-refractivity contribution in [3.63, 3.8) is 0 Å². The van der Waals surface area contributed by atoms with Gasteiger partial charge in [-0.2, -0.15) is 0 Å². The number of amides is 2. The molecule has 0 unspecified atom stereocenters. The predicted octanol–water partition coefficient (Wildman–Crippen LogP) is 5.53. The second-order valence-corrected chi connectivity index (χ2v) is 7.20. The van der Waals surface area contributed by atoms with E-state index in [9.17, 15) is 14.4 Å². The fourth-order valence-corrected chi connectivity index (χ4v) is 2.85. The molecule has 0 spiro atoms. The number of hydrogen-bond acceptors (Lipinski definition) is 3. The van der Waals surface area contributed by atoms with Crippen molar-refractivity contribution in [3.05, 3.63) is 12.2 Å². The molecule has 0 saturated carbocycles. The summed E-state index contributed by atoms with van der Waals surface area (Å²) in [7, 11) is 0. The zero-order valence-electron chi connectivity index (χ0n) is 17.1. The van der Waals surface area contributed by atoms with Gasteiger partial charge in [0, 0.05) is 19.3 Å². The Balaban J connectivity index is 0.000000797. The molecule has 1 rings (SSSR count). The van der Waals surface area contributed by atoms with Crippen LogP contribution in [0.2, 0.25) is 0 Å². The Labute approximate surface area is 165 Å². The fraction of sp³-hybridized carbons (Fsp3) is 0.773. The topological polar surface area (TPSA) is 83.5 Å². The predicted molar refractivity (Wildman–Crippen MR) is 109 cm³/mol. The number of carbonyl (C=O) groups excluding carboxylic acids is 2. The largest absolute Gasteiger partial charge is 0.481 e. The highest BCUT2D eigenvalue weighted by atomic mass is 16.4. The maximum Gasteiger partial charge on any atom is 0.303 e. The van der Waals surface area contributed by atoms with Crippen molar-refractivity contribution >= 4 is 17.8 Å². The molecule has 1 fully saturated rings. The van der Waals surface area contributed by atoms with Crippen molar-refractivity contribution in [3.8, 4) is 0 Å². The molecule has 2 amide bonds. The molecule has 1 aliphatic rings. The molecule has 1 aliphatic heterocycles. The van der Waals surface area contributed by atoms with Gasteiger partial charge in [-0.05, 0) is 32.1 Å². The Morgan fingerprint density at radius 3 is 1.67 bits per heavy atom. The van der Waals surface area contributed by atoms with Gasteiger partial charge in [0.15, 0.2) is 0 Å². The minimum Gasteiger partial charge on any atom is -0.481 e. The maximum atomic E-state index is 10.3. The van der Waals surface area contributed by atoms with Crippen molar-refractivity contribution in [1.82, 2.24) is 5.32 Å². The highest BCUT2D eigenvalue weighted by molar-refractivity contribution is 6.01. The molecular formula is C22H39NO4. The Hall–Kier alpha value is -1.65. The van der Waals surface area contributed by atoms with Crippen molar-refractivity contribution < 1.29 is 19.5 Å². The second kappa shape index (κ2) is 19.1. The van der Waals surface area contributed by atoms with Crippen LogP contribution < -0.4 is 5.32 Å². The van der Waals surface area contributed by atoms with Gasteiger partial charge in [-0.1, -0.05) is 70.4 Å². The first-order chi connectivity index (χ1) is 13.1. The van der Waals surface area contributed by atoms with Crippen LogP contribution in [0, 0.1) is 0 Å². The lowest BCUT2D eigenvalue weighted by Crippen LogP contribution is -2.18. The molecule has 0 radical (unpaired) electrons. The second-order valence-electron chi connectivity index (χ2n) is 7.20. The van der Waals surface area contributed by atoms with E-state index >= 15 is 0 Å². The molecule has 1 heterocycles. The number of carbonyl (C=O) groups is 3. The minimum absolute atomic E-state index is 0.148. The molecule has 5 nitrogen and oxygen atoms in total. The number of aliphatic carboxylic acids is 1. The molecule has 0 atom stereocenters. The highest BCUT2D eigenvalue weighted by Gasteiger charge is 2.15. The number of imide groups is 1. The zero-order valence-corrected chi connectivity index (χ0v) is 17.1. The maximum absolute atomic E-state index is 10.3. The van der Waals surface area contributed by atoms with E-state index < -0.39 is 5.97 Å². The van der Waals surface area contributed by atoms with Gasteiger partial charge in [-0.25, -0.2) is 0 Å². The third kappa shape index (κ3) is 20.5. The average molecular weight is 382 g/mol. The summed E-state index contributed by atoms with van der Waals surface area (Å²) in [5.74, 6) is -0.961. The number of rotatable bonds is 15. The average Bonchev–Trinajstić information content (AvgIpc) is 3.01. The van der Waals surface area contributed by atoms with Crippen LogP contribution in [0.25, 0.3) is 0 Å². The van der Waals surface area contributed by atoms with Gasteiger partial charge in [-0.15, -0.1) is 0 Å². The van der Waals surface area contributed by atoms with E-state index in [1.165, 1.54) is 70.6 Å². The summed E-state index contributed by atoms with van der Waals surface area (Å²) in [4.78, 5) is 30.6. The lowest BCUT2D eigenvalue weighted by Gasteiger charge is -1.99. The quantitative estimate of drug-likeness (QED) is 0.222. The van der Waals surface area contributed by atoms with Crippen LogP contribution in [-0.4, -0.2) is 22.9 Å². The molecule has 5 heteroatoms. The summed E-state index contributed by atoms with van der Waals surface area (Å²) in [6.45, 7) is 2.26. The normalized spacial score (nSPS) is 13.5. The highest BCUT2D eigenvalue weighted by Crippen LogP contribution is 2.09. The first-order valence-electron chi connectivity index (χ1n) is 10.8. The fourth-order valence-electron chi connectivity index (χ4n) is 2.85. The minimum atomic E-state index is -0.664. The third-order valence-electron chi connectivity index (χ3n) is 4.51.